The zero-order valence-electron chi connectivity index (χ0n) is 9.90. The third-order valence-electron chi connectivity index (χ3n) is 2.19. The van der Waals surface area contributed by atoms with Crippen LogP contribution in [0, 0.1) is 0 Å². The molecule has 0 unspecified atom stereocenters. The minimum Gasteiger partial charge on any atom is -0.480 e. The van der Waals surface area contributed by atoms with Gasteiger partial charge in [-0.25, -0.2) is 9.59 Å². The van der Waals surface area contributed by atoms with E-state index < -0.39 is 12.0 Å². The van der Waals surface area contributed by atoms with Crippen molar-refractivity contribution in [3.63, 3.8) is 0 Å². The Labute approximate surface area is 96.1 Å². The largest absolute Gasteiger partial charge is 0.480 e. The van der Waals surface area contributed by atoms with Crippen LogP contribution in [0.4, 0.5) is 4.79 Å². The van der Waals surface area contributed by atoms with Crippen molar-refractivity contribution in [1.29, 1.82) is 0 Å². The smallest absolute Gasteiger partial charge is 0.326 e. The minimum absolute atomic E-state index is 0.386. The predicted molar refractivity (Wildman–Crippen MR) is 62.3 cm³/mol. The number of nitrogens with one attached hydrogen (secondary N) is 1. The molecule has 2 amide bonds. The van der Waals surface area contributed by atoms with Crippen LogP contribution in [0.25, 0.3) is 0 Å². The number of unbranched alkanes of at least 4 members (excludes halogenated alkanes) is 1. The molecule has 0 aliphatic rings. The molecule has 16 heavy (non-hydrogen) atoms. The van der Waals surface area contributed by atoms with Gasteiger partial charge >= 0.3 is 12.0 Å². The second-order valence-corrected chi connectivity index (χ2v) is 3.65. The molecule has 0 aliphatic carbocycles. The first-order chi connectivity index (χ1) is 7.52. The van der Waals surface area contributed by atoms with Crippen LogP contribution in [0.1, 0.15) is 26.2 Å². The molecular weight excluding hydrogens is 208 g/mol. The number of amides is 2. The highest BCUT2D eigenvalue weighted by Crippen LogP contribution is 2.01. The summed E-state index contributed by atoms with van der Waals surface area (Å²) in [5.74, 6) is -0.992. The summed E-state index contributed by atoms with van der Waals surface area (Å²) < 4.78 is 0. The van der Waals surface area contributed by atoms with E-state index in [1.165, 1.54) is 4.90 Å². The van der Waals surface area contributed by atoms with E-state index >= 15 is 0 Å². The fourth-order valence-electron chi connectivity index (χ4n) is 1.20. The number of hydrogen-bond acceptors (Lipinski definition) is 2. The topological polar surface area (TPSA) is 69.6 Å². The van der Waals surface area contributed by atoms with Crippen molar-refractivity contribution in [1.82, 2.24) is 10.2 Å². The van der Waals surface area contributed by atoms with Gasteiger partial charge in [-0.3, -0.25) is 0 Å². The third kappa shape index (κ3) is 5.38. The summed E-state index contributed by atoms with van der Waals surface area (Å²) in [6, 6.07) is -1.19. The van der Waals surface area contributed by atoms with Crippen LogP contribution < -0.4 is 5.32 Å². The standard InChI is InChI=1S/C11H20N2O3/c1-4-6-7-9(10(14)15)12-11(16)13(3)8-5-2/h5,9H,2,4,6-8H2,1,3H3,(H,12,16)(H,14,15)/t9-/m0/s1. The summed E-state index contributed by atoms with van der Waals surface area (Å²) in [5.41, 5.74) is 0. The molecule has 0 saturated carbocycles. The Morgan fingerprint density at radius 2 is 2.19 bits per heavy atom. The van der Waals surface area contributed by atoms with Gasteiger partial charge in [-0.1, -0.05) is 25.8 Å². The molecule has 2 N–H and O–H groups in total. The molecule has 1 atom stereocenters. The van der Waals surface area contributed by atoms with Crippen molar-refractivity contribution in [2.45, 2.75) is 32.2 Å². The Morgan fingerprint density at radius 1 is 1.56 bits per heavy atom. The summed E-state index contributed by atoms with van der Waals surface area (Å²) in [5, 5.41) is 11.4. The van der Waals surface area contributed by atoms with E-state index in [1.807, 2.05) is 6.92 Å². The molecule has 0 aromatic rings. The van der Waals surface area contributed by atoms with Gasteiger partial charge in [0.05, 0.1) is 0 Å². The fraction of sp³-hybridized carbons (Fsp3) is 0.636. The van der Waals surface area contributed by atoms with Gasteiger partial charge in [0.2, 0.25) is 0 Å². The maximum absolute atomic E-state index is 11.5. The fourth-order valence-corrected chi connectivity index (χ4v) is 1.20. The highest BCUT2D eigenvalue weighted by molar-refractivity contribution is 5.82. The average Bonchev–Trinajstić information content (AvgIpc) is 2.23. The summed E-state index contributed by atoms with van der Waals surface area (Å²) in [6.45, 7) is 5.88. The number of nitrogens with zero attached hydrogens (tertiary/aromatic N) is 1. The number of rotatable bonds is 7. The van der Waals surface area contributed by atoms with Crippen molar-refractivity contribution in [2.75, 3.05) is 13.6 Å². The Kier molecular flexibility index (Phi) is 7.00. The molecule has 0 saturated heterocycles. The summed E-state index contributed by atoms with van der Waals surface area (Å²) >= 11 is 0. The maximum atomic E-state index is 11.5. The van der Waals surface area contributed by atoms with Gasteiger partial charge in [0.25, 0.3) is 0 Å². The van der Waals surface area contributed by atoms with E-state index in [9.17, 15) is 9.59 Å². The maximum Gasteiger partial charge on any atom is 0.326 e. The van der Waals surface area contributed by atoms with Gasteiger partial charge in [0.1, 0.15) is 6.04 Å². The first-order valence-electron chi connectivity index (χ1n) is 5.38. The van der Waals surface area contributed by atoms with E-state index in [2.05, 4.69) is 11.9 Å². The molecule has 92 valence electrons. The van der Waals surface area contributed by atoms with Crippen LogP contribution in [0.3, 0.4) is 0 Å². The number of aliphatic carboxylic acids is 1. The lowest BCUT2D eigenvalue weighted by molar-refractivity contribution is -0.139. The Balaban J connectivity index is 4.22. The second kappa shape index (κ2) is 7.73. The third-order valence-corrected chi connectivity index (χ3v) is 2.19. The number of hydrogen-bond donors (Lipinski definition) is 2. The number of carboxylic acids is 1. The quantitative estimate of drug-likeness (QED) is 0.648. The number of carbonyl (C=O) groups is 2. The first kappa shape index (κ1) is 14.5. The molecule has 0 spiro atoms. The monoisotopic (exact) mass is 228 g/mol. The molecule has 0 rings (SSSR count). The van der Waals surface area contributed by atoms with Crippen LogP contribution in [0.5, 0.6) is 0 Å². The lowest BCUT2D eigenvalue weighted by Crippen LogP contribution is -2.46. The predicted octanol–water partition coefficient (Wildman–Crippen LogP) is 1.46. The SMILES string of the molecule is C=CCN(C)C(=O)N[C@@H](CCCC)C(=O)O. The van der Waals surface area contributed by atoms with E-state index in [0.717, 1.165) is 12.8 Å². The molecule has 0 aromatic carbocycles. The number of carbonyl (C=O) groups excluding carboxylic acids is 1. The second-order valence-electron chi connectivity index (χ2n) is 3.65. The van der Waals surface area contributed by atoms with Gasteiger partial charge in [-0.05, 0) is 6.42 Å². The van der Waals surface area contributed by atoms with Gasteiger partial charge < -0.3 is 15.3 Å². The molecule has 0 bridgehead atoms. The Bertz CT molecular complexity index is 254. The molecule has 0 aromatic heterocycles. The van der Waals surface area contributed by atoms with Crippen molar-refractivity contribution in [2.24, 2.45) is 0 Å². The van der Waals surface area contributed by atoms with Gasteiger partial charge in [-0.2, -0.15) is 0 Å². The van der Waals surface area contributed by atoms with Crippen LogP contribution >= 0.6 is 0 Å². The molecule has 5 heteroatoms. The normalized spacial score (nSPS) is 11.6. The van der Waals surface area contributed by atoms with E-state index in [1.54, 1.807) is 13.1 Å². The summed E-state index contributed by atoms with van der Waals surface area (Å²) in [4.78, 5) is 23.8. The number of carboxylic acid groups (broad SMARTS) is 1. The average molecular weight is 228 g/mol. The molecule has 0 fully saturated rings. The zero-order chi connectivity index (χ0) is 12.6. The summed E-state index contributed by atoms with van der Waals surface area (Å²) in [6.07, 6.45) is 3.73. The van der Waals surface area contributed by atoms with E-state index in [0.29, 0.717) is 13.0 Å². The van der Waals surface area contributed by atoms with Crippen LogP contribution in [-0.2, 0) is 4.79 Å². The molecule has 0 heterocycles. The van der Waals surface area contributed by atoms with Gasteiger partial charge in [-0.15, -0.1) is 6.58 Å². The van der Waals surface area contributed by atoms with E-state index in [4.69, 9.17) is 5.11 Å². The first-order valence-corrected chi connectivity index (χ1v) is 5.38. The molecule has 0 aliphatic heterocycles. The Hall–Kier alpha value is -1.52. The van der Waals surface area contributed by atoms with Crippen LogP contribution in [-0.4, -0.2) is 41.6 Å². The summed E-state index contributed by atoms with van der Waals surface area (Å²) in [7, 11) is 1.59. The van der Waals surface area contributed by atoms with Crippen molar-refractivity contribution >= 4 is 12.0 Å². The minimum atomic E-state index is -0.992. The lowest BCUT2D eigenvalue weighted by atomic mass is 10.1. The molecule has 5 nitrogen and oxygen atoms in total. The highest BCUT2D eigenvalue weighted by Gasteiger charge is 2.20. The Morgan fingerprint density at radius 3 is 2.62 bits per heavy atom. The number of likely N-dealkylation sites (N-methyl/N-ethyl adjacent to an activating group) is 1. The highest BCUT2D eigenvalue weighted by atomic mass is 16.4. The van der Waals surface area contributed by atoms with Crippen molar-refractivity contribution < 1.29 is 14.7 Å². The van der Waals surface area contributed by atoms with Gasteiger partial charge in [0, 0.05) is 13.6 Å². The number of urea groups is 1. The van der Waals surface area contributed by atoms with Crippen LogP contribution in [0.2, 0.25) is 0 Å². The van der Waals surface area contributed by atoms with Crippen molar-refractivity contribution in [3.05, 3.63) is 12.7 Å². The van der Waals surface area contributed by atoms with Crippen LogP contribution in [0.15, 0.2) is 12.7 Å². The van der Waals surface area contributed by atoms with Crippen molar-refractivity contribution in [3.8, 4) is 0 Å². The zero-order valence-corrected chi connectivity index (χ0v) is 9.90. The molecule has 0 radical (unpaired) electrons. The van der Waals surface area contributed by atoms with E-state index in [-0.39, 0.29) is 6.03 Å². The lowest BCUT2D eigenvalue weighted by Gasteiger charge is -2.20. The van der Waals surface area contributed by atoms with Gasteiger partial charge in [0.15, 0.2) is 0 Å². The molecular formula is C11H20N2O3.